The van der Waals surface area contributed by atoms with E-state index in [2.05, 4.69) is 6.07 Å². The number of ether oxygens (including phenoxy) is 1. The quantitative estimate of drug-likeness (QED) is 0.896. The van der Waals surface area contributed by atoms with Crippen LogP contribution < -0.4 is 10.5 Å². The average Bonchev–Trinajstić information content (AvgIpc) is 2.47. The lowest BCUT2D eigenvalue weighted by Gasteiger charge is -2.20. The van der Waals surface area contributed by atoms with Crippen molar-refractivity contribution in [2.75, 3.05) is 6.61 Å². The van der Waals surface area contributed by atoms with Crippen LogP contribution in [0.3, 0.4) is 0 Å². The highest BCUT2D eigenvalue weighted by Gasteiger charge is 2.14. The highest BCUT2D eigenvalue weighted by Crippen LogP contribution is 2.29. The van der Waals surface area contributed by atoms with E-state index in [0.29, 0.717) is 0 Å². The zero-order valence-corrected chi connectivity index (χ0v) is 10.6. The molecule has 1 aliphatic heterocycles. The smallest absolute Gasteiger partial charge is 0.123 e. The first kappa shape index (κ1) is 12.2. The van der Waals surface area contributed by atoms with Crippen molar-refractivity contribution in [2.45, 2.75) is 18.9 Å². The lowest BCUT2D eigenvalue weighted by Crippen LogP contribution is -2.14. The van der Waals surface area contributed by atoms with Gasteiger partial charge in [0, 0.05) is 0 Å². The van der Waals surface area contributed by atoms with Crippen molar-refractivity contribution in [3.8, 4) is 5.75 Å². The predicted molar refractivity (Wildman–Crippen MR) is 72.7 cm³/mol. The summed E-state index contributed by atoms with van der Waals surface area (Å²) < 4.78 is 18.5. The highest BCUT2D eigenvalue weighted by atomic mass is 19.1. The molecule has 0 aliphatic carbocycles. The Balaban J connectivity index is 1.91. The third kappa shape index (κ3) is 2.47. The Labute approximate surface area is 112 Å². The molecule has 2 aromatic rings. The Kier molecular flexibility index (Phi) is 3.22. The number of benzene rings is 2. The van der Waals surface area contributed by atoms with Crippen molar-refractivity contribution in [3.63, 3.8) is 0 Å². The Morgan fingerprint density at radius 2 is 1.79 bits per heavy atom. The normalized spacial score (nSPS) is 15.5. The Morgan fingerprint density at radius 3 is 2.58 bits per heavy atom. The van der Waals surface area contributed by atoms with E-state index in [-0.39, 0.29) is 11.9 Å². The average molecular weight is 257 g/mol. The monoisotopic (exact) mass is 257 g/mol. The molecule has 0 spiro atoms. The van der Waals surface area contributed by atoms with Gasteiger partial charge < -0.3 is 10.5 Å². The topological polar surface area (TPSA) is 35.2 Å². The van der Waals surface area contributed by atoms with Crippen molar-refractivity contribution in [3.05, 3.63) is 65.0 Å². The first-order valence-electron chi connectivity index (χ1n) is 6.51. The van der Waals surface area contributed by atoms with E-state index in [1.165, 1.54) is 17.7 Å². The molecule has 1 aliphatic rings. The lowest BCUT2D eigenvalue weighted by molar-refractivity contribution is 0.288. The summed E-state index contributed by atoms with van der Waals surface area (Å²) >= 11 is 0. The molecule has 0 saturated carbocycles. The summed E-state index contributed by atoms with van der Waals surface area (Å²) in [6.45, 7) is 0.788. The molecular formula is C16H16FNO. The number of fused-ring (bicyclic) bond motifs is 1. The predicted octanol–water partition coefficient (Wildman–Crippen LogP) is 3.20. The van der Waals surface area contributed by atoms with E-state index in [1.54, 1.807) is 12.1 Å². The van der Waals surface area contributed by atoms with Crippen LogP contribution in [0.2, 0.25) is 0 Å². The third-order valence-corrected chi connectivity index (χ3v) is 3.52. The molecule has 0 fully saturated rings. The van der Waals surface area contributed by atoms with E-state index in [1.807, 2.05) is 12.1 Å². The van der Waals surface area contributed by atoms with Crippen LogP contribution in [-0.2, 0) is 6.42 Å². The van der Waals surface area contributed by atoms with Gasteiger partial charge in [0.15, 0.2) is 0 Å². The molecule has 1 atom stereocenters. The Bertz CT molecular complexity index is 580. The van der Waals surface area contributed by atoms with Gasteiger partial charge in [0.25, 0.3) is 0 Å². The maximum Gasteiger partial charge on any atom is 0.123 e. The maximum atomic E-state index is 12.9. The third-order valence-electron chi connectivity index (χ3n) is 3.52. The molecule has 0 radical (unpaired) electrons. The molecule has 1 heterocycles. The number of nitrogens with two attached hydrogens (primary N) is 1. The molecule has 3 rings (SSSR count). The van der Waals surface area contributed by atoms with Crippen LogP contribution in [-0.4, -0.2) is 6.61 Å². The standard InChI is InChI=1S/C16H16FNO/c17-14-6-3-11(4-7-14)16(18)13-5-8-15-12(10-13)2-1-9-19-15/h3-8,10,16H,1-2,9,18H2. The Morgan fingerprint density at radius 1 is 1.05 bits per heavy atom. The molecule has 3 heteroatoms. The fourth-order valence-electron chi connectivity index (χ4n) is 2.44. The molecule has 2 aromatic carbocycles. The van der Waals surface area contributed by atoms with Crippen LogP contribution in [0.1, 0.15) is 29.2 Å². The maximum absolute atomic E-state index is 12.9. The molecule has 0 aromatic heterocycles. The second-order valence-electron chi connectivity index (χ2n) is 4.85. The summed E-state index contributed by atoms with van der Waals surface area (Å²) in [5.74, 6) is 0.719. The minimum absolute atomic E-state index is 0.229. The summed E-state index contributed by atoms with van der Waals surface area (Å²) in [7, 11) is 0. The van der Waals surface area contributed by atoms with Crippen molar-refractivity contribution >= 4 is 0 Å². The van der Waals surface area contributed by atoms with Crippen LogP contribution in [0, 0.1) is 5.82 Å². The number of hydrogen-bond acceptors (Lipinski definition) is 2. The van der Waals surface area contributed by atoms with Gasteiger partial charge in [0.2, 0.25) is 0 Å². The van der Waals surface area contributed by atoms with Crippen LogP contribution in [0.5, 0.6) is 5.75 Å². The fourth-order valence-corrected chi connectivity index (χ4v) is 2.44. The van der Waals surface area contributed by atoms with E-state index < -0.39 is 0 Å². The van der Waals surface area contributed by atoms with Gasteiger partial charge in [-0.3, -0.25) is 0 Å². The van der Waals surface area contributed by atoms with Gasteiger partial charge in [-0.2, -0.15) is 0 Å². The number of hydrogen-bond donors (Lipinski definition) is 1. The summed E-state index contributed by atoms with van der Waals surface area (Å²) in [6.07, 6.45) is 2.07. The van der Waals surface area contributed by atoms with E-state index in [9.17, 15) is 4.39 Å². The fraction of sp³-hybridized carbons (Fsp3) is 0.250. The van der Waals surface area contributed by atoms with Crippen LogP contribution >= 0.6 is 0 Å². The summed E-state index contributed by atoms with van der Waals surface area (Å²) in [5, 5.41) is 0. The van der Waals surface area contributed by atoms with Crippen molar-refractivity contribution < 1.29 is 9.13 Å². The number of rotatable bonds is 2. The minimum atomic E-state index is -0.241. The van der Waals surface area contributed by atoms with Crippen LogP contribution in [0.15, 0.2) is 42.5 Å². The number of aryl methyl sites for hydroxylation is 1. The van der Waals surface area contributed by atoms with Gasteiger partial charge in [-0.1, -0.05) is 24.3 Å². The van der Waals surface area contributed by atoms with Gasteiger partial charge >= 0.3 is 0 Å². The Hall–Kier alpha value is -1.87. The molecule has 0 amide bonds. The van der Waals surface area contributed by atoms with Crippen molar-refractivity contribution in [2.24, 2.45) is 5.73 Å². The van der Waals surface area contributed by atoms with Crippen molar-refractivity contribution in [1.29, 1.82) is 0 Å². The molecule has 0 bridgehead atoms. The van der Waals surface area contributed by atoms with E-state index in [0.717, 1.165) is 36.3 Å². The van der Waals surface area contributed by atoms with E-state index >= 15 is 0 Å². The molecular weight excluding hydrogens is 241 g/mol. The van der Waals surface area contributed by atoms with Gasteiger partial charge in [-0.15, -0.1) is 0 Å². The molecule has 2 N–H and O–H groups in total. The summed E-state index contributed by atoms with van der Waals surface area (Å²) in [5.41, 5.74) is 9.40. The number of halogens is 1. The molecule has 19 heavy (non-hydrogen) atoms. The summed E-state index contributed by atoms with van der Waals surface area (Å²) in [6, 6.07) is 12.2. The van der Waals surface area contributed by atoms with Gasteiger partial charge in [0.1, 0.15) is 11.6 Å². The first-order valence-corrected chi connectivity index (χ1v) is 6.51. The molecule has 2 nitrogen and oxygen atoms in total. The molecule has 1 unspecified atom stereocenters. The first-order chi connectivity index (χ1) is 9.24. The van der Waals surface area contributed by atoms with Crippen LogP contribution in [0.4, 0.5) is 4.39 Å². The zero-order valence-electron chi connectivity index (χ0n) is 10.6. The van der Waals surface area contributed by atoms with Crippen molar-refractivity contribution in [1.82, 2.24) is 0 Å². The lowest BCUT2D eigenvalue weighted by atomic mass is 9.95. The van der Waals surface area contributed by atoms with Gasteiger partial charge in [-0.05, 0) is 47.7 Å². The highest BCUT2D eigenvalue weighted by molar-refractivity contribution is 5.42. The van der Waals surface area contributed by atoms with Gasteiger partial charge in [0.05, 0.1) is 12.6 Å². The SMILES string of the molecule is NC(c1ccc(F)cc1)c1ccc2c(c1)CCCO2. The molecule has 0 saturated heterocycles. The molecule has 98 valence electrons. The largest absolute Gasteiger partial charge is 0.493 e. The second kappa shape index (κ2) is 5.02. The van der Waals surface area contributed by atoms with E-state index in [4.69, 9.17) is 10.5 Å². The summed E-state index contributed by atoms with van der Waals surface area (Å²) in [4.78, 5) is 0. The zero-order chi connectivity index (χ0) is 13.2. The van der Waals surface area contributed by atoms with Crippen LogP contribution in [0.25, 0.3) is 0 Å². The minimum Gasteiger partial charge on any atom is -0.493 e. The van der Waals surface area contributed by atoms with Gasteiger partial charge in [-0.25, -0.2) is 4.39 Å². The second-order valence-corrected chi connectivity index (χ2v) is 4.85.